The topological polar surface area (TPSA) is 251 Å². The number of Topliss-reactive ketones (excluding diaryl/α,β-unsaturated/α-hetero) is 1. The Labute approximate surface area is 610 Å². The van der Waals surface area contributed by atoms with Crippen LogP contribution in [0.1, 0.15) is 164 Å². The number of unbranched alkanes of at least 4 members (excludes halogenated alkanes) is 5. The van der Waals surface area contributed by atoms with Crippen molar-refractivity contribution in [2.75, 3.05) is 40.3 Å². The molecule has 12 atom stereocenters. The smallest absolute Gasteiger partial charge is 0.255 e. The zero-order chi connectivity index (χ0) is 72.7. The Morgan fingerprint density at radius 3 is 1.40 bits per heavy atom. The van der Waals surface area contributed by atoms with Crippen LogP contribution in [0.5, 0.6) is 0 Å². The van der Waals surface area contributed by atoms with Crippen LogP contribution in [0.25, 0.3) is 0 Å². The first kappa shape index (κ1) is 77.0. The molecule has 4 aliphatic heterocycles. The molecule has 9 N–H and O–H groups in total. The third kappa shape index (κ3) is 18.3. The van der Waals surface area contributed by atoms with E-state index in [2.05, 4.69) is 60.0 Å². The molecule has 0 radical (unpaired) electrons. The van der Waals surface area contributed by atoms with Crippen molar-refractivity contribution < 1.29 is 38.4 Å². The van der Waals surface area contributed by atoms with Crippen LogP contribution in [0.15, 0.2) is 175 Å². The summed E-state index contributed by atoms with van der Waals surface area (Å²) < 4.78 is 0. The number of nitrogens with zero attached hydrogens (tertiary/aromatic N) is 2. The van der Waals surface area contributed by atoms with Crippen molar-refractivity contribution in [2.24, 2.45) is 23.7 Å². The lowest BCUT2D eigenvalue weighted by molar-refractivity contribution is -0.148. The fourth-order valence-electron chi connectivity index (χ4n) is 16.9. The van der Waals surface area contributed by atoms with Crippen molar-refractivity contribution >= 4 is 47.1 Å². The number of rotatable bonds is 36. The summed E-state index contributed by atoms with van der Waals surface area (Å²) in [6, 6.07) is 44.1. The van der Waals surface area contributed by atoms with Gasteiger partial charge in [0.25, 0.3) is 11.8 Å². The molecule has 550 valence electrons. The Morgan fingerprint density at radius 1 is 0.495 bits per heavy atom. The molecule has 103 heavy (non-hydrogen) atoms. The molecule has 1 aliphatic carbocycles. The number of benzene rings is 5. The SMILES string of the molecule is CCC(NC)C(=O)NC1C(=O)N2C(CCC1CNCc1ccccc1)CCC2C(=O)NC(C(=O)NCCCCCCCCNC(=O)C(NC(=O)C1CCC2CCC(CNCc3ccccc3)C(C(C)C(=O)C(CC)NC)C(=O)N21)(c1ccccc1)c1ccccc1)(C1=CCCC=C1)c1ccccc1. The van der Waals surface area contributed by atoms with Gasteiger partial charge in [-0.05, 0) is 150 Å². The van der Waals surface area contributed by atoms with Gasteiger partial charge in [-0.2, -0.15) is 0 Å². The molecular weight excluding hydrogens is 1290 g/mol. The van der Waals surface area contributed by atoms with E-state index < -0.39 is 70.8 Å². The van der Waals surface area contributed by atoms with E-state index in [1.54, 1.807) is 23.9 Å². The number of hydrogen-bond acceptors (Lipinski definition) is 12. The van der Waals surface area contributed by atoms with Gasteiger partial charge in [-0.1, -0.05) is 216 Å². The molecule has 5 aromatic carbocycles. The summed E-state index contributed by atoms with van der Waals surface area (Å²) in [4.78, 5) is 124. The maximum atomic E-state index is 15.5. The first-order valence-electron chi connectivity index (χ1n) is 38.2. The van der Waals surface area contributed by atoms with Gasteiger partial charge < -0.3 is 57.7 Å². The molecule has 4 fully saturated rings. The predicted molar refractivity (Wildman–Crippen MR) is 403 cm³/mol. The Kier molecular flexibility index (Phi) is 28.2. The van der Waals surface area contributed by atoms with E-state index in [-0.39, 0.29) is 53.3 Å². The van der Waals surface area contributed by atoms with E-state index in [1.165, 1.54) is 0 Å². The minimum Gasteiger partial charge on any atom is -0.353 e. The zero-order valence-electron chi connectivity index (χ0n) is 61.1. The van der Waals surface area contributed by atoms with Crippen LogP contribution >= 0.6 is 0 Å². The molecule has 0 saturated carbocycles. The lowest BCUT2D eigenvalue weighted by atomic mass is 9.76. The Balaban J connectivity index is 0.776. The number of carbonyl (C=O) groups excluding carboxylic acids is 8. The molecule has 0 spiro atoms. The number of nitrogens with one attached hydrogen (secondary N) is 9. The summed E-state index contributed by atoms with van der Waals surface area (Å²) in [6.45, 7) is 8.69. The molecule has 0 bridgehead atoms. The number of likely N-dealkylation sites (N-methyl/N-ethyl adjacent to an activating group) is 2. The van der Waals surface area contributed by atoms with Crippen LogP contribution in [0.4, 0.5) is 0 Å². The molecule has 7 amide bonds. The Morgan fingerprint density at radius 2 is 0.922 bits per heavy atom. The van der Waals surface area contributed by atoms with E-state index in [0.717, 1.165) is 43.2 Å². The molecule has 10 rings (SSSR count). The normalized spacial score (nSPS) is 22.6. The molecular formula is C84H111N11O8. The van der Waals surface area contributed by atoms with E-state index in [0.29, 0.717) is 145 Å². The van der Waals surface area contributed by atoms with E-state index in [4.69, 9.17) is 0 Å². The van der Waals surface area contributed by atoms with Gasteiger partial charge in [-0.25, -0.2) is 0 Å². The van der Waals surface area contributed by atoms with Crippen molar-refractivity contribution in [3.05, 3.63) is 203 Å². The number of amides is 7. The maximum absolute atomic E-state index is 15.5. The second kappa shape index (κ2) is 37.7. The van der Waals surface area contributed by atoms with Gasteiger partial charge in [-0.15, -0.1) is 0 Å². The van der Waals surface area contributed by atoms with Gasteiger partial charge in [0.15, 0.2) is 16.9 Å². The summed E-state index contributed by atoms with van der Waals surface area (Å²) >= 11 is 0. The highest BCUT2D eigenvalue weighted by molar-refractivity contribution is 6.01. The van der Waals surface area contributed by atoms with Crippen LogP contribution in [0.2, 0.25) is 0 Å². The van der Waals surface area contributed by atoms with Gasteiger partial charge in [0, 0.05) is 56.6 Å². The highest BCUT2D eigenvalue weighted by Crippen LogP contribution is 2.42. The molecule has 4 heterocycles. The van der Waals surface area contributed by atoms with Gasteiger partial charge >= 0.3 is 0 Å². The number of carbonyl (C=O) groups is 8. The van der Waals surface area contributed by atoms with Crippen LogP contribution in [-0.2, 0) is 62.5 Å². The zero-order valence-corrected chi connectivity index (χ0v) is 61.1. The Bertz CT molecular complexity index is 3630. The fraction of sp³-hybridized carbons (Fsp3) is 0.500. The van der Waals surface area contributed by atoms with Crippen molar-refractivity contribution in [3.63, 3.8) is 0 Å². The van der Waals surface area contributed by atoms with Crippen molar-refractivity contribution in [1.82, 2.24) is 57.7 Å². The van der Waals surface area contributed by atoms with Crippen LogP contribution in [0, 0.1) is 23.7 Å². The highest BCUT2D eigenvalue weighted by Gasteiger charge is 2.54. The molecule has 19 heteroatoms. The highest BCUT2D eigenvalue weighted by atomic mass is 16.2. The molecule has 5 aliphatic rings. The van der Waals surface area contributed by atoms with Gasteiger partial charge in [0.2, 0.25) is 29.5 Å². The third-order valence-corrected chi connectivity index (χ3v) is 22.5. The molecule has 4 saturated heterocycles. The van der Waals surface area contributed by atoms with Gasteiger partial charge in [0.05, 0.1) is 18.0 Å². The van der Waals surface area contributed by atoms with Crippen molar-refractivity contribution in [1.29, 1.82) is 0 Å². The summed E-state index contributed by atoms with van der Waals surface area (Å²) in [5, 5.41) is 29.7. The van der Waals surface area contributed by atoms with Crippen molar-refractivity contribution in [2.45, 2.75) is 203 Å². The van der Waals surface area contributed by atoms with Crippen LogP contribution in [-0.4, -0.2) is 140 Å². The number of hydrogen-bond donors (Lipinski definition) is 9. The molecule has 0 aromatic heterocycles. The quantitative estimate of drug-likeness (QED) is 0.0170. The molecule has 12 unspecified atom stereocenters. The number of allylic oxidation sites excluding steroid dienone is 2. The second-order valence-corrected chi connectivity index (χ2v) is 28.9. The number of fused-ring (bicyclic) bond motifs is 2. The average molecular weight is 1400 g/mol. The van der Waals surface area contributed by atoms with Gasteiger partial charge in [-0.3, -0.25) is 38.4 Å². The summed E-state index contributed by atoms with van der Waals surface area (Å²) in [7, 11) is 3.51. The second-order valence-electron chi connectivity index (χ2n) is 28.9. The Hall–Kier alpha value is -8.62. The predicted octanol–water partition coefficient (Wildman–Crippen LogP) is 9.33. The summed E-state index contributed by atoms with van der Waals surface area (Å²) in [6.07, 6.45) is 18.0. The largest absolute Gasteiger partial charge is 0.353 e. The van der Waals surface area contributed by atoms with Crippen LogP contribution in [0.3, 0.4) is 0 Å². The molecule has 19 nitrogen and oxygen atoms in total. The van der Waals surface area contributed by atoms with E-state index in [1.807, 2.05) is 179 Å². The van der Waals surface area contributed by atoms with Gasteiger partial charge in [0.1, 0.15) is 18.1 Å². The van der Waals surface area contributed by atoms with Crippen LogP contribution < -0.4 is 47.9 Å². The minimum absolute atomic E-state index is 0.0163. The lowest BCUT2D eigenvalue weighted by Crippen LogP contribution is -2.63. The first-order chi connectivity index (χ1) is 50.2. The number of ketones is 1. The average Bonchev–Trinajstić information content (AvgIpc) is 1.74. The molecule has 5 aromatic rings. The summed E-state index contributed by atoms with van der Waals surface area (Å²) in [5.41, 5.74) is 1.34. The van der Waals surface area contributed by atoms with E-state index >= 15 is 28.8 Å². The lowest BCUT2D eigenvalue weighted by Gasteiger charge is -2.39. The first-order valence-corrected chi connectivity index (χ1v) is 38.2. The standard InChI is InChI=1S/C84H111N11O8/c1-6-69(85-4)75(96)58(3)73-61(56-87-54-59-32-18-12-19-33-59)44-46-67-48-50-71(94(67)79(73)100)77(98)92-83(63-36-22-14-23-37-63,64-38-24-15-25-39-64)81(102)89-52-30-10-8-9-11-31-53-90-82(103)84(65-40-26-16-27-41-65,66-42-28-17-29-43-66)93-78(99)72-51-49-68-47-45-62(57-88-55-60-34-20-13-21-35-60)74(80(101)95(68)72)91-76(97)70(7-2)86-5/h12-16,18-28,32-43,58,61-62,67-74,85-88H,6-11,17,29-31,44-57H2,1-5H3,(H,89,102)(H,90,103)(H,91,97)(H,92,98)(H,93,99). The maximum Gasteiger partial charge on any atom is 0.255 e. The van der Waals surface area contributed by atoms with Crippen molar-refractivity contribution in [3.8, 4) is 0 Å². The third-order valence-electron chi connectivity index (χ3n) is 22.5. The summed E-state index contributed by atoms with van der Waals surface area (Å²) in [5.74, 6) is -4.04. The monoisotopic (exact) mass is 1400 g/mol. The minimum atomic E-state index is -1.67. The van der Waals surface area contributed by atoms with E-state index in [9.17, 15) is 9.59 Å². The fourth-order valence-corrected chi connectivity index (χ4v) is 16.9.